The van der Waals surface area contributed by atoms with E-state index in [1.165, 1.54) is 0 Å². The van der Waals surface area contributed by atoms with Crippen LogP contribution in [0.2, 0.25) is 0 Å². The Morgan fingerprint density at radius 2 is 1.97 bits per heavy atom. The van der Waals surface area contributed by atoms with Gasteiger partial charge in [-0.2, -0.15) is 5.26 Å². The highest BCUT2D eigenvalue weighted by molar-refractivity contribution is 6.08. The number of fused-ring (bicyclic) bond motifs is 5. The molecule has 1 unspecified atom stereocenters. The summed E-state index contributed by atoms with van der Waals surface area (Å²) in [5, 5.41) is 10.2. The van der Waals surface area contributed by atoms with Gasteiger partial charge in [-0.1, -0.05) is 18.2 Å². The molecule has 0 aromatic heterocycles. The van der Waals surface area contributed by atoms with Gasteiger partial charge in [-0.3, -0.25) is 9.69 Å². The highest BCUT2D eigenvalue weighted by atomic mass is 16.7. The van der Waals surface area contributed by atoms with E-state index < -0.39 is 5.92 Å². The quantitative estimate of drug-likeness (QED) is 0.772. The lowest BCUT2D eigenvalue weighted by atomic mass is 9.75. The number of ether oxygens (including phenoxy) is 2. The number of hydrogen-bond acceptors (Lipinski definition) is 7. The summed E-state index contributed by atoms with van der Waals surface area (Å²) in [6.45, 7) is 0.161. The van der Waals surface area contributed by atoms with Crippen LogP contribution >= 0.6 is 0 Å². The maximum atomic E-state index is 13.2. The van der Waals surface area contributed by atoms with Gasteiger partial charge < -0.3 is 15.2 Å². The first-order chi connectivity index (χ1) is 15.2. The highest BCUT2D eigenvalue weighted by Gasteiger charge is 2.43. The summed E-state index contributed by atoms with van der Waals surface area (Å²) in [5.41, 5.74) is 10.7. The van der Waals surface area contributed by atoms with Crippen molar-refractivity contribution in [2.24, 2.45) is 10.7 Å². The average molecular weight is 410 g/mol. The monoisotopic (exact) mass is 410 g/mol. The normalized spacial score (nSPS) is 21.3. The largest absolute Gasteiger partial charge is 0.454 e. The van der Waals surface area contributed by atoms with Crippen molar-refractivity contribution < 1.29 is 14.3 Å². The predicted octanol–water partition coefficient (Wildman–Crippen LogP) is 3.48. The minimum absolute atomic E-state index is 0.0655. The fourth-order valence-electron chi connectivity index (χ4n) is 4.90. The average Bonchev–Trinajstić information content (AvgIpc) is 3.26. The molecule has 0 fully saturated rings. The van der Waals surface area contributed by atoms with Gasteiger partial charge in [-0.25, -0.2) is 4.99 Å². The molecule has 2 aromatic rings. The van der Waals surface area contributed by atoms with Gasteiger partial charge in [0.1, 0.15) is 5.84 Å². The van der Waals surface area contributed by atoms with E-state index in [1.807, 2.05) is 47.4 Å². The smallest absolute Gasteiger partial charge is 0.231 e. The van der Waals surface area contributed by atoms with Gasteiger partial charge in [0.05, 0.1) is 23.2 Å². The second kappa shape index (κ2) is 6.47. The summed E-state index contributed by atoms with van der Waals surface area (Å²) in [4.78, 5) is 19.8. The number of anilines is 1. The molecular weight excluding hydrogens is 392 g/mol. The Kier molecular flexibility index (Phi) is 3.71. The van der Waals surface area contributed by atoms with Crippen molar-refractivity contribution in [3.05, 3.63) is 76.3 Å². The minimum Gasteiger partial charge on any atom is -0.454 e. The second-order valence-electron chi connectivity index (χ2n) is 7.88. The van der Waals surface area contributed by atoms with Crippen LogP contribution in [0.1, 0.15) is 36.3 Å². The topological polar surface area (TPSA) is 101 Å². The second-order valence-corrected chi connectivity index (χ2v) is 7.88. The number of ketones is 1. The van der Waals surface area contributed by atoms with Crippen LogP contribution in [0.3, 0.4) is 0 Å². The molecular formula is C24H18N4O3. The maximum Gasteiger partial charge on any atom is 0.231 e. The zero-order valence-electron chi connectivity index (χ0n) is 16.6. The number of para-hydroxylation sites is 1. The summed E-state index contributed by atoms with van der Waals surface area (Å²) < 4.78 is 11.0. The van der Waals surface area contributed by atoms with Crippen molar-refractivity contribution in [1.82, 2.24) is 0 Å². The standard InChI is InChI=1S/C24H18N4O3/c25-11-15-21(13-8-9-19-20(10-13)31-12-30-19)22-17(6-3-7-18(22)29)28-16-5-2-1-4-14(16)23(26)27-24(15)28/h1-2,4-5,8-10,21H,3,6-7,12H2,(H2,26,27). The molecule has 1 atom stereocenters. The summed E-state index contributed by atoms with van der Waals surface area (Å²) >= 11 is 0. The first-order valence-electron chi connectivity index (χ1n) is 10.2. The van der Waals surface area contributed by atoms with Crippen LogP contribution in [0, 0.1) is 11.3 Å². The fourth-order valence-corrected chi connectivity index (χ4v) is 4.90. The zero-order valence-corrected chi connectivity index (χ0v) is 16.6. The van der Waals surface area contributed by atoms with Crippen molar-refractivity contribution in [3.8, 4) is 17.6 Å². The molecule has 6 rings (SSSR count). The number of carbonyl (C=O) groups excluding carboxylic acids is 1. The fraction of sp³-hybridized carbons (Fsp3) is 0.208. The SMILES string of the molecule is N#CC1=C2N=C(N)c3ccccc3N2C2=C(C(=O)CCC2)C1c1ccc2c(c1)OCO2. The van der Waals surface area contributed by atoms with Crippen molar-refractivity contribution >= 4 is 17.3 Å². The molecule has 0 saturated carbocycles. The number of nitriles is 1. The lowest BCUT2D eigenvalue weighted by Crippen LogP contribution is -2.39. The Hall–Kier alpha value is -4.05. The Bertz CT molecular complexity index is 1300. The van der Waals surface area contributed by atoms with E-state index in [0.717, 1.165) is 35.4 Å². The number of amidine groups is 1. The molecule has 7 heteroatoms. The molecule has 2 N–H and O–H groups in total. The maximum absolute atomic E-state index is 13.2. The molecule has 0 amide bonds. The van der Waals surface area contributed by atoms with E-state index in [2.05, 4.69) is 11.1 Å². The zero-order chi connectivity index (χ0) is 21.1. The van der Waals surface area contributed by atoms with Gasteiger partial charge in [-0.15, -0.1) is 0 Å². The molecule has 31 heavy (non-hydrogen) atoms. The van der Waals surface area contributed by atoms with E-state index >= 15 is 0 Å². The third kappa shape index (κ3) is 2.45. The number of allylic oxidation sites excluding steroid dienone is 3. The predicted molar refractivity (Wildman–Crippen MR) is 113 cm³/mol. The van der Waals surface area contributed by atoms with Gasteiger partial charge in [0.2, 0.25) is 6.79 Å². The summed E-state index contributed by atoms with van der Waals surface area (Å²) in [7, 11) is 0. The molecule has 2 aromatic carbocycles. The molecule has 3 aliphatic heterocycles. The van der Waals surface area contributed by atoms with E-state index in [4.69, 9.17) is 15.2 Å². The Morgan fingerprint density at radius 3 is 2.84 bits per heavy atom. The number of hydrogen-bond donors (Lipinski definition) is 1. The van der Waals surface area contributed by atoms with Gasteiger partial charge >= 0.3 is 0 Å². The lowest BCUT2D eigenvalue weighted by Gasteiger charge is -2.41. The van der Waals surface area contributed by atoms with Gasteiger partial charge in [0, 0.05) is 23.3 Å². The van der Waals surface area contributed by atoms with Gasteiger partial charge in [-0.05, 0) is 42.7 Å². The van der Waals surface area contributed by atoms with Crippen molar-refractivity contribution in [1.29, 1.82) is 5.26 Å². The third-order valence-electron chi connectivity index (χ3n) is 6.23. The molecule has 1 aliphatic carbocycles. The van der Waals surface area contributed by atoms with Crippen LogP contribution in [-0.4, -0.2) is 18.4 Å². The summed E-state index contributed by atoms with van der Waals surface area (Å²) in [5.74, 6) is 1.68. The van der Waals surface area contributed by atoms with Gasteiger partial charge in [0.25, 0.3) is 0 Å². The summed E-state index contributed by atoms with van der Waals surface area (Å²) in [6.07, 6.45) is 1.96. The molecule has 152 valence electrons. The van der Waals surface area contributed by atoms with Crippen LogP contribution in [-0.2, 0) is 4.79 Å². The number of rotatable bonds is 1. The van der Waals surface area contributed by atoms with E-state index in [-0.39, 0.29) is 12.6 Å². The Labute approximate surface area is 178 Å². The van der Waals surface area contributed by atoms with E-state index in [9.17, 15) is 10.1 Å². The molecule has 3 heterocycles. The number of nitrogens with two attached hydrogens (primary N) is 1. The number of Topliss-reactive ketones (excluding diaryl/α,β-unsaturated/α-hetero) is 1. The van der Waals surface area contributed by atoms with Crippen LogP contribution in [0.5, 0.6) is 11.5 Å². The third-order valence-corrected chi connectivity index (χ3v) is 6.23. The number of nitrogens with zero attached hydrogens (tertiary/aromatic N) is 3. The highest BCUT2D eigenvalue weighted by Crippen LogP contribution is 2.50. The number of aliphatic imine (C=N–C) groups is 1. The molecule has 0 radical (unpaired) electrons. The molecule has 0 spiro atoms. The van der Waals surface area contributed by atoms with Crippen LogP contribution < -0.4 is 20.1 Å². The Balaban J connectivity index is 1.64. The molecule has 7 nitrogen and oxygen atoms in total. The van der Waals surface area contributed by atoms with Crippen molar-refractivity contribution in [2.75, 3.05) is 11.7 Å². The Morgan fingerprint density at radius 1 is 1.13 bits per heavy atom. The number of carbonyl (C=O) groups is 1. The van der Waals surface area contributed by atoms with Crippen LogP contribution in [0.4, 0.5) is 5.69 Å². The van der Waals surface area contributed by atoms with Crippen LogP contribution in [0.15, 0.2) is 70.1 Å². The molecule has 0 saturated heterocycles. The van der Waals surface area contributed by atoms with Crippen molar-refractivity contribution in [2.45, 2.75) is 25.2 Å². The first-order valence-corrected chi connectivity index (χ1v) is 10.2. The first kappa shape index (κ1) is 17.8. The summed E-state index contributed by atoms with van der Waals surface area (Å²) in [6, 6.07) is 15.6. The minimum atomic E-state index is -0.518. The number of benzene rings is 2. The van der Waals surface area contributed by atoms with Gasteiger partial charge in [0.15, 0.2) is 23.1 Å². The van der Waals surface area contributed by atoms with E-state index in [1.54, 1.807) is 0 Å². The van der Waals surface area contributed by atoms with Crippen LogP contribution in [0.25, 0.3) is 0 Å². The molecule has 4 aliphatic rings. The van der Waals surface area contributed by atoms with E-state index in [0.29, 0.717) is 40.7 Å². The molecule has 0 bridgehead atoms. The van der Waals surface area contributed by atoms with Crippen molar-refractivity contribution in [3.63, 3.8) is 0 Å². The lowest BCUT2D eigenvalue weighted by molar-refractivity contribution is -0.116.